The van der Waals surface area contributed by atoms with Gasteiger partial charge in [-0.15, -0.1) is 0 Å². The standard InChI is InChI=1S/C15H31N3O3S/c1-3-22(20,21)18(2)11-7-10-17-14(19)12-15(13-16)8-5-4-6-9-15/h3-13,16H2,1-2H3,(H,17,19). The fourth-order valence-corrected chi connectivity index (χ4v) is 3.89. The number of hydrogen-bond donors (Lipinski definition) is 2. The Morgan fingerprint density at radius 1 is 1.27 bits per heavy atom. The molecule has 130 valence electrons. The van der Waals surface area contributed by atoms with Crippen LogP contribution in [0.25, 0.3) is 0 Å². The van der Waals surface area contributed by atoms with Gasteiger partial charge in [0.05, 0.1) is 5.75 Å². The molecule has 0 saturated heterocycles. The fraction of sp³-hybridized carbons (Fsp3) is 0.933. The van der Waals surface area contributed by atoms with Crippen LogP contribution in [0.5, 0.6) is 0 Å². The van der Waals surface area contributed by atoms with Crippen molar-refractivity contribution in [1.82, 2.24) is 9.62 Å². The summed E-state index contributed by atoms with van der Waals surface area (Å²) in [6, 6.07) is 0. The van der Waals surface area contributed by atoms with Crippen molar-refractivity contribution in [2.24, 2.45) is 11.1 Å². The van der Waals surface area contributed by atoms with E-state index in [2.05, 4.69) is 5.32 Å². The van der Waals surface area contributed by atoms with Crippen LogP contribution < -0.4 is 11.1 Å². The monoisotopic (exact) mass is 333 g/mol. The molecule has 0 bridgehead atoms. The molecule has 7 heteroatoms. The zero-order valence-corrected chi connectivity index (χ0v) is 14.8. The normalized spacial score (nSPS) is 18.4. The maximum absolute atomic E-state index is 12.1. The van der Waals surface area contributed by atoms with Gasteiger partial charge in [-0.1, -0.05) is 19.3 Å². The van der Waals surface area contributed by atoms with Gasteiger partial charge >= 0.3 is 0 Å². The van der Waals surface area contributed by atoms with Gasteiger partial charge in [0.25, 0.3) is 0 Å². The zero-order chi connectivity index (χ0) is 16.6. The Kier molecular flexibility index (Phi) is 7.79. The molecule has 0 aromatic heterocycles. The number of nitrogens with one attached hydrogen (secondary N) is 1. The number of rotatable bonds is 9. The lowest BCUT2D eigenvalue weighted by Crippen LogP contribution is -2.39. The van der Waals surface area contributed by atoms with Gasteiger partial charge in [-0.3, -0.25) is 4.79 Å². The number of amides is 1. The summed E-state index contributed by atoms with van der Waals surface area (Å²) in [5, 5.41) is 2.90. The van der Waals surface area contributed by atoms with Gasteiger partial charge in [-0.05, 0) is 38.1 Å². The molecule has 0 radical (unpaired) electrons. The molecule has 0 aromatic rings. The Labute approximate surface area is 134 Å². The van der Waals surface area contributed by atoms with Crippen molar-refractivity contribution in [1.29, 1.82) is 0 Å². The number of nitrogens with zero attached hydrogens (tertiary/aromatic N) is 1. The highest BCUT2D eigenvalue weighted by molar-refractivity contribution is 7.89. The van der Waals surface area contributed by atoms with E-state index in [-0.39, 0.29) is 17.1 Å². The van der Waals surface area contributed by atoms with Crippen molar-refractivity contribution in [2.75, 3.05) is 32.4 Å². The highest BCUT2D eigenvalue weighted by atomic mass is 32.2. The van der Waals surface area contributed by atoms with E-state index in [0.717, 1.165) is 25.7 Å². The number of carbonyl (C=O) groups excluding carboxylic acids is 1. The maximum Gasteiger partial charge on any atom is 0.220 e. The predicted molar refractivity (Wildman–Crippen MR) is 88.9 cm³/mol. The van der Waals surface area contributed by atoms with Crippen LogP contribution in [0.1, 0.15) is 51.9 Å². The van der Waals surface area contributed by atoms with Crippen LogP contribution in [-0.4, -0.2) is 51.1 Å². The molecule has 0 aliphatic heterocycles. The molecule has 1 rings (SSSR count). The van der Waals surface area contributed by atoms with Crippen molar-refractivity contribution >= 4 is 15.9 Å². The summed E-state index contributed by atoms with van der Waals surface area (Å²) >= 11 is 0. The minimum atomic E-state index is -3.13. The Bertz CT molecular complexity index is 445. The average Bonchev–Trinajstić information content (AvgIpc) is 2.52. The van der Waals surface area contributed by atoms with E-state index in [1.54, 1.807) is 14.0 Å². The average molecular weight is 333 g/mol. The van der Waals surface area contributed by atoms with Crippen molar-refractivity contribution < 1.29 is 13.2 Å². The first-order valence-corrected chi connectivity index (χ1v) is 9.87. The van der Waals surface area contributed by atoms with Crippen molar-refractivity contribution in [3.8, 4) is 0 Å². The second-order valence-electron chi connectivity index (χ2n) is 6.37. The molecule has 1 saturated carbocycles. The van der Waals surface area contributed by atoms with Crippen molar-refractivity contribution in [3.05, 3.63) is 0 Å². The minimum absolute atomic E-state index is 0.0231. The number of carbonyl (C=O) groups is 1. The van der Waals surface area contributed by atoms with Gasteiger partial charge in [0, 0.05) is 26.6 Å². The van der Waals surface area contributed by atoms with E-state index in [1.165, 1.54) is 10.7 Å². The smallest absolute Gasteiger partial charge is 0.220 e. The Balaban J connectivity index is 2.28. The van der Waals surface area contributed by atoms with Crippen LogP contribution in [0.4, 0.5) is 0 Å². The summed E-state index contributed by atoms with van der Waals surface area (Å²) < 4.78 is 24.5. The molecule has 3 N–H and O–H groups in total. The maximum atomic E-state index is 12.1. The summed E-state index contributed by atoms with van der Waals surface area (Å²) in [5.41, 5.74) is 5.87. The Hall–Kier alpha value is -0.660. The summed E-state index contributed by atoms with van der Waals surface area (Å²) in [6.07, 6.45) is 6.74. The van der Waals surface area contributed by atoms with Crippen molar-refractivity contribution in [3.63, 3.8) is 0 Å². The van der Waals surface area contributed by atoms with E-state index < -0.39 is 10.0 Å². The van der Waals surface area contributed by atoms with Gasteiger partial charge < -0.3 is 11.1 Å². The first-order chi connectivity index (χ1) is 10.4. The summed E-state index contributed by atoms with van der Waals surface area (Å²) in [6.45, 7) is 3.13. The third-order valence-corrected chi connectivity index (χ3v) is 6.56. The van der Waals surface area contributed by atoms with Crippen LogP contribution in [-0.2, 0) is 14.8 Å². The van der Waals surface area contributed by atoms with Gasteiger partial charge in [-0.25, -0.2) is 12.7 Å². The van der Waals surface area contributed by atoms with E-state index in [0.29, 0.717) is 32.5 Å². The lowest BCUT2D eigenvalue weighted by molar-refractivity contribution is -0.123. The first-order valence-electron chi connectivity index (χ1n) is 8.26. The third-order valence-electron chi connectivity index (χ3n) is 4.69. The van der Waals surface area contributed by atoms with Gasteiger partial charge in [0.1, 0.15) is 0 Å². The topological polar surface area (TPSA) is 92.5 Å². The summed E-state index contributed by atoms with van der Waals surface area (Å²) in [4.78, 5) is 12.1. The van der Waals surface area contributed by atoms with Gasteiger partial charge in [0.2, 0.25) is 15.9 Å². The SMILES string of the molecule is CCS(=O)(=O)N(C)CCCNC(=O)CC1(CN)CCCCC1. The molecule has 0 atom stereocenters. The van der Waals surface area contributed by atoms with E-state index in [1.807, 2.05) is 0 Å². The van der Waals surface area contributed by atoms with E-state index in [4.69, 9.17) is 5.73 Å². The number of nitrogens with two attached hydrogens (primary N) is 1. The van der Waals surface area contributed by atoms with E-state index >= 15 is 0 Å². The highest BCUT2D eigenvalue weighted by Gasteiger charge is 2.32. The third kappa shape index (κ3) is 5.85. The van der Waals surface area contributed by atoms with Gasteiger partial charge in [-0.2, -0.15) is 0 Å². The van der Waals surface area contributed by atoms with E-state index in [9.17, 15) is 13.2 Å². The molecule has 1 aliphatic rings. The molecule has 0 spiro atoms. The van der Waals surface area contributed by atoms with Crippen LogP contribution in [0.3, 0.4) is 0 Å². The summed E-state index contributed by atoms with van der Waals surface area (Å²) in [7, 11) is -1.56. The lowest BCUT2D eigenvalue weighted by Gasteiger charge is -2.35. The molecule has 22 heavy (non-hydrogen) atoms. The van der Waals surface area contributed by atoms with Crippen LogP contribution in [0, 0.1) is 5.41 Å². The first kappa shape index (κ1) is 19.4. The van der Waals surface area contributed by atoms with Crippen molar-refractivity contribution in [2.45, 2.75) is 51.9 Å². The second-order valence-corrected chi connectivity index (χ2v) is 8.73. The molecule has 0 heterocycles. The predicted octanol–water partition coefficient (Wildman–Crippen LogP) is 1.07. The molecular formula is C15H31N3O3S. The molecular weight excluding hydrogens is 302 g/mol. The Morgan fingerprint density at radius 2 is 1.91 bits per heavy atom. The van der Waals surface area contributed by atoms with Gasteiger partial charge in [0.15, 0.2) is 0 Å². The largest absolute Gasteiger partial charge is 0.356 e. The molecule has 0 unspecified atom stereocenters. The highest BCUT2D eigenvalue weighted by Crippen LogP contribution is 2.38. The molecule has 1 fully saturated rings. The zero-order valence-electron chi connectivity index (χ0n) is 13.9. The number of hydrogen-bond acceptors (Lipinski definition) is 4. The molecule has 1 aliphatic carbocycles. The molecule has 1 amide bonds. The van der Waals surface area contributed by atoms with Crippen LogP contribution in [0.2, 0.25) is 0 Å². The lowest BCUT2D eigenvalue weighted by atomic mass is 9.71. The fourth-order valence-electron chi connectivity index (χ4n) is 3.05. The van der Waals surface area contributed by atoms with Crippen LogP contribution in [0.15, 0.2) is 0 Å². The summed E-state index contributed by atoms with van der Waals surface area (Å²) in [5.74, 6) is 0.142. The molecule has 0 aromatic carbocycles. The number of sulfonamides is 1. The minimum Gasteiger partial charge on any atom is -0.356 e. The molecule has 6 nitrogen and oxygen atoms in total. The Morgan fingerprint density at radius 3 is 2.45 bits per heavy atom. The quantitative estimate of drug-likeness (QED) is 0.617. The second kappa shape index (κ2) is 8.84. The van der Waals surface area contributed by atoms with Crippen LogP contribution >= 0.6 is 0 Å².